The van der Waals surface area contributed by atoms with E-state index < -0.39 is 5.41 Å². The Balaban J connectivity index is 1.82. The fourth-order valence-electron chi connectivity index (χ4n) is 2.94. The molecule has 3 nitrogen and oxygen atoms in total. The number of nitrogens with zero attached hydrogens (tertiary/aromatic N) is 2. The third kappa shape index (κ3) is 3.91. The van der Waals surface area contributed by atoms with Crippen LogP contribution in [0.1, 0.15) is 31.7 Å². The van der Waals surface area contributed by atoms with Crippen molar-refractivity contribution in [1.29, 1.82) is 5.26 Å². The highest BCUT2D eigenvalue weighted by molar-refractivity contribution is 5.76. The molecule has 0 atom stereocenters. The Bertz CT molecular complexity index is 481. The standard InChI is InChI=1S/C17H22N2O/c1-15(20)13-17(14-18)8-11-19(12-9-17)10-7-16-5-3-2-4-6-16/h2-6H,7-13H2,1H3. The minimum absolute atomic E-state index is 0.129. The number of nitriles is 1. The molecule has 20 heavy (non-hydrogen) atoms. The molecule has 3 heteroatoms. The third-order valence-corrected chi connectivity index (χ3v) is 4.20. The van der Waals surface area contributed by atoms with Gasteiger partial charge in [-0.25, -0.2) is 0 Å². The highest BCUT2D eigenvalue weighted by atomic mass is 16.1. The maximum Gasteiger partial charge on any atom is 0.131 e. The van der Waals surface area contributed by atoms with Gasteiger partial charge in [-0.2, -0.15) is 5.26 Å². The minimum atomic E-state index is -0.408. The Morgan fingerprint density at radius 2 is 1.95 bits per heavy atom. The van der Waals surface area contributed by atoms with Gasteiger partial charge in [0.05, 0.1) is 11.5 Å². The number of hydrogen-bond donors (Lipinski definition) is 0. The fraction of sp³-hybridized carbons (Fsp3) is 0.529. The van der Waals surface area contributed by atoms with E-state index in [1.165, 1.54) is 5.56 Å². The predicted octanol–water partition coefficient (Wildman–Crippen LogP) is 2.81. The first-order valence-electron chi connectivity index (χ1n) is 7.30. The number of likely N-dealkylation sites (tertiary alicyclic amines) is 1. The molecule has 0 aliphatic carbocycles. The van der Waals surface area contributed by atoms with Crippen molar-refractivity contribution in [3.63, 3.8) is 0 Å². The molecule has 0 unspecified atom stereocenters. The van der Waals surface area contributed by atoms with Gasteiger partial charge in [-0.1, -0.05) is 30.3 Å². The molecule has 0 aromatic heterocycles. The zero-order valence-corrected chi connectivity index (χ0v) is 12.1. The van der Waals surface area contributed by atoms with E-state index in [0.29, 0.717) is 6.42 Å². The molecule has 0 N–H and O–H groups in total. The summed E-state index contributed by atoms with van der Waals surface area (Å²) in [6.45, 7) is 4.47. The first-order valence-corrected chi connectivity index (χ1v) is 7.30. The fourth-order valence-corrected chi connectivity index (χ4v) is 2.94. The summed E-state index contributed by atoms with van der Waals surface area (Å²) in [5.41, 5.74) is 0.947. The number of carbonyl (C=O) groups excluding carboxylic acids is 1. The van der Waals surface area contributed by atoms with Crippen molar-refractivity contribution in [3.05, 3.63) is 35.9 Å². The van der Waals surface area contributed by atoms with E-state index in [0.717, 1.165) is 38.9 Å². The van der Waals surface area contributed by atoms with Crippen molar-refractivity contribution in [2.75, 3.05) is 19.6 Å². The molecule has 1 aromatic carbocycles. The maximum atomic E-state index is 11.3. The largest absolute Gasteiger partial charge is 0.303 e. The highest BCUT2D eigenvalue weighted by Gasteiger charge is 2.35. The molecule has 1 aliphatic rings. The Morgan fingerprint density at radius 1 is 1.30 bits per heavy atom. The maximum absolute atomic E-state index is 11.3. The number of benzene rings is 1. The molecule has 0 amide bonds. The van der Waals surface area contributed by atoms with Gasteiger partial charge in [0.25, 0.3) is 0 Å². The van der Waals surface area contributed by atoms with Crippen LogP contribution in [-0.2, 0) is 11.2 Å². The van der Waals surface area contributed by atoms with Gasteiger partial charge in [-0.15, -0.1) is 0 Å². The van der Waals surface area contributed by atoms with Crippen LogP contribution in [0.15, 0.2) is 30.3 Å². The minimum Gasteiger partial charge on any atom is -0.303 e. The van der Waals surface area contributed by atoms with Crippen LogP contribution < -0.4 is 0 Å². The predicted molar refractivity (Wildman–Crippen MR) is 79.2 cm³/mol. The van der Waals surface area contributed by atoms with Gasteiger partial charge < -0.3 is 4.90 Å². The van der Waals surface area contributed by atoms with Crippen molar-refractivity contribution in [1.82, 2.24) is 4.90 Å². The molecule has 1 fully saturated rings. The molecular formula is C17H22N2O. The molecule has 1 aliphatic heterocycles. The van der Waals surface area contributed by atoms with Gasteiger partial charge >= 0.3 is 0 Å². The second-order valence-corrected chi connectivity index (χ2v) is 5.85. The lowest BCUT2D eigenvalue weighted by atomic mass is 9.76. The smallest absolute Gasteiger partial charge is 0.131 e. The summed E-state index contributed by atoms with van der Waals surface area (Å²) in [4.78, 5) is 13.7. The SMILES string of the molecule is CC(=O)CC1(C#N)CCN(CCc2ccccc2)CC1. The van der Waals surface area contributed by atoms with E-state index in [4.69, 9.17) is 0 Å². The lowest BCUT2D eigenvalue weighted by Crippen LogP contribution is -2.41. The Morgan fingerprint density at radius 3 is 2.50 bits per heavy atom. The van der Waals surface area contributed by atoms with Gasteiger partial charge in [-0.05, 0) is 44.8 Å². The molecule has 0 spiro atoms. The monoisotopic (exact) mass is 270 g/mol. The summed E-state index contributed by atoms with van der Waals surface area (Å²) in [6, 6.07) is 12.9. The molecule has 0 radical (unpaired) electrons. The molecule has 1 aromatic rings. The van der Waals surface area contributed by atoms with Crippen LogP contribution in [0.4, 0.5) is 0 Å². The van der Waals surface area contributed by atoms with Crippen LogP contribution >= 0.6 is 0 Å². The number of piperidine rings is 1. The van der Waals surface area contributed by atoms with E-state index in [2.05, 4.69) is 35.2 Å². The number of Topliss-reactive ketones (excluding diaryl/α,β-unsaturated/α-hetero) is 1. The molecule has 1 heterocycles. The van der Waals surface area contributed by atoms with Crippen LogP contribution in [0.2, 0.25) is 0 Å². The van der Waals surface area contributed by atoms with E-state index in [9.17, 15) is 10.1 Å². The van der Waals surface area contributed by atoms with Crippen molar-refractivity contribution < 1.29 is 4.79 Å². The van der Waals surface area contributed by atoms with Crippen molar-refractivity contribution in [2.45, 2.75) is 32.6 Å². The van der Waals surface area contributed by atoms with E-state index >= 15 is 0 Å². The molecule has 106 valence electrons. The van der Waals surface area contributed by atoms with Gasteiger partial charge in [0, 0.05) is 13.0 Å². The molecule has 2 rings (SSSR count). The first-order chi connectivity index (χ1) is 9.63. The average molecular weight is 270 g/mol. The molecular weight excluding hydrogens is 248 g/mol. The number of ketones is 1. The summed E-state index contributed by atoms with van der Waals surface area (Å²) in [5, 5.41) is 9.36. The highest BCUT2D eigenvalue weighted by Crippen LogP contribution is 2.34. The van der Waals surface area contributed by atoms with E-state index in [1.54, 1.807) is 6.92 Å². The van der Waals surface area contributed by atoms with Crippen molar-refractivity contribution in [2.24, 2.45) is 5.41 Å². The summed E-state index contributed by atoms with van der Waals surface area (Å²) in [7, 11) is 0. The van der Waals surface area contributed by atoms with Gasteiger partial charge in [0.2, 0.25) is 0 Å². The van der Waals surface area contributed by atoms with Crippen LogP contribution in [0.25, 0.3) is 0 Å². The van der Waals surface area contributed by atoms with Gasteiger partial charge in [0.1, 0.15) is 5.78 Å². The zero-order valence-electron chi connectivity index (χ0n) is 12.1. The summed E-state index contributed by atoms with van der Waals surface area (Å²) in [6.07, 6.45) is 3.10. The Hall–Kier alpha value is -1.66. The summed E-state index contributed by atoms with van der Waals surface area (Å²) < 4.78 is 0. The zero-order chi connectivity index (χ0) is 14.4. The van der Waals surface area contributed by atoms with E-state index in [1.807, 2.05) is 6.07 Å². The van der Waals surface area contributed by atoms with Crippen LogP contribution in [0.3, 0.4) is 0 Å². The Kier molecular flexibility index (Phi) is 4.92. The van der Waals surface area contributed by atoms with Crippen LogP contribution in [-0.4, -0.2) is 30.3 Å². The summed E-state index contributed by atoms with van der Waals surface area (Å²) >= 11 is 0. The second kappa shape index (κ2) is 6.67. The number of rotatable bonds is 5. The number of hydrogen-bond acceptors (Lipinski definition) is 3. The van der Waals surface area contributed by atoms with Crippen molar-refractivity contribution >= 4 is 5.78 Å². The first kappa shape index (κ1) is 14.7. The number of carbonyl (C=O) groups is 1. The van der Waals surface area contributed by atoms with Gasteiger partial charge in [0.15, 0.2) is 0 Å². The molecule has 0 saturated carbocycles. The van der Waals surface area contributed by atoms with Crippen molar-refractivity contribution in [3.8, 4) is 6.07 Å². The van der Waals surface area contributed by atoms with E-state index in [-0.39, 0.29) is 5.78 Å². The quantitative estimate of drug-likeness (QED) is 0.826. The van der Waals surface area contributed by atoms with Gasteiger partial charge in [-0.3, -0.25) is 4.79 Å². The Labute approximate surface area is 121 Å². The van der Waals surface area contributed by atoms with Crippen LogP contribution in [0, 0.1) is 16.7 Å². The molecule has 1 saturated heterocycles. The van der Waals surface area contributed by atoms with Crippen LogP contribution in [0.5, 0.6) is 0 Å². The summed E-state index contributed by atoms with van der Waals surface area (Å²) in [5.74, 6) is 0.129. The topological polar surface area (TPSA) is 44.1 Å². The molecule has 0 bridgehead atoms. The lowest BCUT2D eigenvalue weighted by molar-refractivity contribution is -0.119. The average Bonchev–Trinajstić information content (AvgIpc) is 2.47. The normalized spacial score (nSPS) is 18.4. The second-order valence-electron chi connectivity index (χ2n) is 5.85. The lowest BCUT2D eigenvalue weighted by Gasteiger charge is -2.36. The third-order valence-electron chi connectivity index (χ3n) is 4.20.